The summed E-state index contributed by atoms with van der Waals surface area (Å²) in [7, 11) is 0. The Kier molecular flexibility index (Phi) is 6.58. The van der Waals surface area contributed by atoms with Gasteiger partial charge in [0.1, 0.15) is 0 Å². The number of rotatable bonds is 6. The maximum absolute atomic E-state index is 12.1. The zero-order chi connectivity index (χ0) is 14.3. The summed E-state index contributed by atoms with van der Waals surface area (Å²) in [6, 6.07) is 5.85. The van der Waals surface area contributed by atoms with Gasteiger partial charge in [0, 0.05) is 23.7 Å². The lowest BCUT2D eigenvalue weighted by Crippen LogP contribution is -2.36. The molecule has 0 aromatic heterocycles. The maximum atomic E-state index is 12.1. The van der Waals surface area contributed by atoms with Gasteiger partial charge in [0.2, 0.25) is 0 Å². The Morgan fingerprint density at radius 1 is 1.42 bits per heavy atom. The first kappa shape index (κ1) is 15.7. The number of nitrogens with one attached hydrogen (secondary N) is 1. The highest BCUT2D eigenvalue weighted by Gasteiger charge is 2.11. The molecule has 7 heteroatoms. The SMILES string of the molecule is CCN(CCO)C(=O)Nc1ccc(SC(F)F)cc1. The molecular formula is C12H16F2N2O2S. The van der Waals surface area contributed by atoms with Crippen LogP contribution in [0.5, 0.6) is 0 Å². The molecule has 0 bridgehead atoms. The molecule has 0 aliphatic carbocycles. The van der Waals surface area contributed by atoms with Crippen molar-refractivity contribution in [1.29, 1.82) is 0 Å². The Labute approximate surface area is 114 Å². The number of benzene rings is 1. The normalized spacial score (nSPS) is 10.6. The Morgan fingerprint density at radius 3 is 2.53 bits per heavy atom. The molecule has 4 nitrogen and oxygen atoms in total. The van der Waals surface area contributed by atoms with E-state index in [0.717, 1.165) is 0 Å². The summed E-state index contributed by atoms with van der Waals surface area (Å²) < 4.78 is 24.3. The third kappa shape index (κ3) is 5.44. The first-order valence-corrected chi connectivity index (χ1v) is 6.66. The number of halogens is 2. The number of nitrogens with zero attached hydrogens (tertiary/aromatic N) is 1. The molecule has 0 saturated carbocycles. The smallest absolute Gasteiger partial charge is 0.321 e. The molecule has 1 aromatic carbocycles. The number of carbonyl (C=O) groups is 1. The second-order valence-corrected chi connectivity index (χ2v) is 4.70. The van der Waals surface area contributed by atoms with Crippen LogP contribution in [0, 0.1) is 0 Å². The van der Waals surface area contributed by atoms with Gasteiger partial charge in [-0.1, -0.05) is 11.8 Å². The average Bonchev–Trinajstić information content (AvgIpc) is 2.37. The monoisotopic (exact) mass is 290 g/mol. The average molecular weight is 290 g/mol. The van der Waals surface area contributed by atoms with Crippen molar-refractivity contribution in [1.82, 2.24) is 4.90 Å². The van der Waals surface area contributed by atoms with Gasteiger partial charge in [-0.2, -0.15) is 8.78 Å². The topological polar surface area (TPSA) is 52.6 Å². The van der Waals surface area contributed by atoms with E-state index in [0.29, 0.717) is 28.9 Å². The Morgan fingerprint density at radius 2 is 2.05 bits per heavy atom. The Balaban J connectivity index is 2.59. The summed E-state index contributed by atoms with van der Waals surface area (Å²) >= 11 is 0.455. The van der Waals surface area contributed by atoms with Gasteiger partial charge in [-0.25, -0.2) is 4.79 Å². The van der Waals surface area contributed by atoms with Crippen LogP contribution in [0.25, 0.3) is 0 Å². The van der Waals surface area contributed by atoms with Gasteiger partial charge in [0.05, 0.1) is 6.61 Å². The van der Waals surface area contributed by atoms with E-state index in [1.807, 2.05) is 0 Å². The van der Waals surface area contributed by atoms with Crippen LogP contribution in [0.3, 0.4) is 0 Å². The highest BCUT2D eigenvalue weighted by Crippen LogP contribution is 2.26. The van der Waals surface area contributed by atoms with Crippen molar-refractivity contribution in [2.24, 2.45) is 0 Å². The minimum atomic E-state index is -2.46. The molecule has 0 spiro atoms. The molecule has 0 atom stereocenters. The fourth-order valence-corrected chi connectivity index (χ4v) is 1.95. The third-order valence-corrected chi connectivity index (χ3v) is 3.09. The van der Waals surface area contributed by atoms with E-state index in [-0.39, 0.29) is 19.2 Å². The number of hydrogen-bond donors (Lipinski definition) is 2. The molecule has 0 heterocycles. The lowest BCUT2D eigenvalue weighted by atomic mass is 10.3. The molecular weight excluding hydrogens is 274 g/mol. The Hall–Kier alpha value is -1.34. The summed E-state index contributed by atoms with van der Waals surface area (Å²) in [6.07, 6.45) is 0. The number of aliphatic hydroxyl groups is 1. The van der Waals surface area contributed by atoms with Gasteiger partial charge in [-0.3, -0.25) is 0 Å². The molecule has 1 rings (SSSR count). The van der Waals surface area contributed by atoms with Crippen molar-refractivity contribution in [2.45, 2.75) is 17.6 Å². The van der Waals surface area contributed by atoms with Crippen LogP contribution in [0.2, 0.25) is 0 Å². The number of anilines is 1. The first-order valence-electron chi connectivity index (χ1n) is 5.78. The van der Waals surface area contributed by atoms with E-state index in [9.17, 15) is 13.6 Å². The van der Waals surface area contributed by atoms with Crippen LogP contribution in [-0.4, -0.2) is 41.5 Å². The van der Waals surface area contributed by atoms with Crippen molar-refractivity contribution < 1.29 is 18.7 Å². The second kappa shape index (κ2) is 7.96. The number of hydrogen-bond acceptors (Lipinski definition) is 3. The number of urea groups is 1. The molecule has 0 unspecified atom stereocenters. The summed E-state index contributed by atoms with van der Waals surface area (Å²) in [5.74, 6) is -2.46. The number of carbonyl (C=O) groups excluding carboxylic acids is 1. The number of amides is 2. The summed E-state index contributed by atoms with van der Waals surface area (Å²) in [5.41, 5.74) is 0.528. The summed E-state index contributed by atoms with van der Waals surface area (Å²) in [4.78, 5) is 13.7. The molecule has 1 aromatic rings. The molecule has 0 aliphatic rings. The van der Waals surface area contributed by atoms with Gasteiger partial charge in [-0.15, -0.1) is 0 Å². The highest BCUT2D eigenvalue weighted by atomic mass is 32.2. The largest absolute Gasteiger partial charge is 0.395 e. The van der Waals surface area contributed by atoms with Gasteiger partial charge in [-0.05, 0) is 31.2 Å². The molecule has 0 aliphatic heterocycles. The standard InChI is InChI=1S/C12H16F2N2O2S/c1-2-16(7-8-17)12(18)15-9-3-5-10(6-4-9)19-11(13)14/h3-6,11,17H,2,7-8H2,1H3,(H,15,18). The van der Waals surface area contributed by atoms with Crippen LogP contribution in [-0.2, 0) is 0 Å². The number of thioether (sulfide) groups is 1. The Bertz CT molecular complexity index is 401. The zero-order valence-electron chi connectivity index (χ0n) is 10.5. The number of aliphatic hydroxyl groups excluding tert-OH is 1. The fraction of sp³-hybridized carbons (Fsp3) is 0.417. The zero-order valence-corrected chi connectivity index (χ0v) is 11.3. The lowest BCUT2D eigenvalue weighted by molar-refractivity contribution is 0.192. The molecule has 0 saturated heterocycles. The van der Waals surface area contributed by atoms with Crippen molar-refractivity contribution in [3.05, 3.63) is 24.3 Å². The van der Waals surface area contributed by atoms with Crippen LogP contribution < -0.4 is 5.32 Å². The quantitative estimate of drug-likeness (QED) is 0.792. The summed E-state index contributed by atoms with van der Waals surface area (Å²) in [5, 5.41) is 11.4. The van der Waals surface area contributed by atoms with Crippen LogP contribution in [0.4, 0.5) is 19.3 Å². The minimum Gasteiger partial charge on any atom is -0.395 e. The fourth-order valence-electron chi connectivity index (χ4n) is 1.45. The van der Waals surface area contributed by atoms with Crippen molar-refractivity contribution >= 4 is 23.5 Å². The molecule has 2 N–H and O–H groups in total. The number of alkyl halides is 2. The molecule has 106 valence electrons. The predicted molar refractivity (Wildman–Crippen MR) is 71.7 cm³/mol. The van der Waals surface area contributed by atoms with Crippen LogP contribution >= 0.6 is 11.8 Å². The minimum absolute atomic E-state index is 0.106. The predicted octanol–water partition coefficient (Wildman–Crippen LogP) is 2.85. The van der Waals surface area contributed by atoms with E-state index in [4.69, 9.17) is 5.11 Å². The van der Waals surface area contributed by atoms with Crippen molar-refractivity contribution in [3.8, 4) is 0 Å². The number of likely N-dealkylation sites (N-methyl/N-ethyl adjacent to an activating group) is 1. The van der Waals surface area contributed by atoms with E-state index in [1.54, 1.807) is 19.1 Å². The maximum Gasteiger partial charge on any atom is 0.321 e. The van der Waals surface area contributed by atoms with E-state index in [1.165, 1.54) is 17.0 Å². The van der Waals surface area contributed by atoms with Crippen LogP contribution in [0.1, 0.15) is 6.92 Å². The highest BCUT2D eigenvalue weighted by molar-refractivity contribution is 7.99. The van der Waals surface area contributed by atoms with E-state index < -0.39 is 5.76 Å². The second-order valence-electron chi connectivity index (χ2n) is 3.64. The van der Waals surface area contributed by atoms with E-state index in [2.05, 4.69) is 5.32 Å². The molecule has 0 fully saturated rings. The molecule has 0 radical (unpaired) electrons. The third-order valence-electron chi connectivity index (χ3n) is 2.37. The van der Waals surface area contributed by atoms with Gasteiger partial charge in [0.25, 0.3) is 5.76 Å². The van der Waals surface area contributed by atoms with E-state index >= 15 is 0 Å². The van der Waals surface area contributed by atoms with Gasteiger partial charge < -0.3 is 15.3 Å². The summed E-state index contributed by atoms with van der Waals surface area (Å²) in [6.45, 7) is 2.43. The lowest BCUT2D eigenvalue weighted by Gasteiger charge is -2.20. The molecule has 2 amide bonds. The molecule has 19 heavy (non-hydrogen) atoms. The van der Waals surface area contributed by atoms with Crippen LogP contribution in [0.15, 0.2) is 29.2 Å². The van der Waals surface area contributed by atoms with Gasteiger partial charge >= 0.3 is 6.03 Å². The first-order chi connectivity index (χ1) is 9.06. The van der Waals surface area contributed by atoms with Gasteiger partial charge in [0.15, 0.2) is 0 Å². The van der Waals surface area contributed by atoms with Crippen molar-refractivity contribution in [2.75, 3.05) is 25.0 Å². The van der Waals surface area contributed by atoms with Crippen molar-refractivity contribution in [3.63, 3.8) is 0 Å².